The van der Waals surface area contributed by atoms with Crippen LogP contribution in [0.4, 0.5) is 4.39 Å². The Morgan fingerprint density at radius 2 is 1.86 bits per heavy atom. The second kappa shape index (κ2) is 15.3. The molecular weight excluding hydrogens is 655 g/mol. The van der Waals surface area contributed by atoms with Crippen LogP contribution in [0.25, 0.3) is 0 Å². The zero-order chi connectivity index (χ0) is 31.6. The molecule has 0 saturated heterocycles. The molecule has 13 heteroatoms. The Kier molecular flexibility index (Phi) is 11.3. The third-order valence-electron chi connectivity index (χ3n) is 6.34. The van der Waals surface area contributed by atoms with Crippen molar-refractivity contribution >= 4 is 51.4 Å². The van der Waals surface area contributed by atoms with Gasteiger partial charge in [-0.05, 0) is 50.3 Å². The number of hydrazone groups is 1. The quantitative estimate of drug-likeness (QED) is 0.104. The first-order chi connectivity index (χ1) is 21.2. The molecule has 1 amide bonds. The van der Waals surface area contributed by atoms with Crippen molar-refractivity contribution in [3.63, 3.8) is 0 Å². The summed E-state index contributed by atoms with van der Waals surface area (Å²) < 4.78 is 37.3. The molecule has 3 aromatic rings. The van der Waals surface area contributed by atoms with Gasteiger partial charge < -0.3 is 29.6 Å². The molecule has 1 heterocycles. The fourth-order valence-electron chi connectivity index (χ4n) is 4.36. The number of hydrogen-bond donors (Lipinski definition) is 3. The molecule has 1 atom stereocenters. The summed E-state index contributed by atoms with van der Waals surface area (Å²) >= 11 is 8.74. The minimum absolute atomic E-state index is 0.0473. The van der Waals surface area contributed by atoms with Crippen molar-refractivity contribution in [2.24, 2.45) is 5.10 Å². The number of para-hydroxylation sites is 1. The lowest BCUT2D eigenvalue weighted by atomic mass is 9.95. The number of nitrogens with one attached hydrogen (secondary N) is 3. The molecule has 230 valence electrons. The van der Waals surface area contributed by atoms with Gasteiger partial charge in [-0.25, -0.2) is 14.6 Å². The number of nitrogens with zero attached hydrogens (tertiary/aromatic N) is 1. The lowest BCUT2D eigenvalue weighted by Crippen LogP contribution is -2.45. The fraction of sp³-hybridized carbons (Fsp3) is 0.226. The SMILES string of the molecule is CCOC(=O)C1=C(C)NC(=S)N[C@@H]1c1ccccc1OCC(=O)NN=Cc1cc(Br)cc(OC)c1OCc1ccccc1F. The zero-order valence-corrected chi connectivity index (χ0v) is 26.5. The highest BCUT2D eigenvalue weighted by Gasteiger charge is 2.32. The lowest BCUT2D eigenvalue weighted by molar-refractivity contribution is -0.139. The molecule has 3 aromatic carbocycles. The maximum absolute atomic E-state index is 14.1. The number of esters is 1. The van der Waals surface area contributed by atoms with Crippen molar-refractivity contribution in [1.82, 2.24) is 16.1 Å². The highest BCUT2D eigenvalue weighted by atomic mass is 79.9. The maximum Gasteiger partial charge on any atom is 0.338 e. The van der Waals surface area contributed by atoms with Crippen molar-refractivity contribution in [2.75, 3.05) is 20.3 Å². The molecule has 0 aromatic heterocycles. The molecule has 1 aliphatic rings. The Balaban J connectivity index is 1.46. The van der Waals surface area contributed by atoms with Crippen LogP contribution in [-0.2, 0) is 20.9 Å². The number of carbonyl (C=O) groups excluding carboxylic acids is 2. The molecule has 3 N–H and O–H groups in total. The van der Waals surface area contributed by atoms with Gasteiger partial charge >= 0.3 is 5.97 Å². The number of methoxy groups -OCH3 is 1. The third kappa shape index (κ3) is 8.11. The summed E-state index contributed by atoms with van der Waals surface area (Å²) in [7, 11) is 1.48. The zero-order valence-electron chi connectivity index (χ0n) is 24.1. The number of rotatable bonds is 12. The highest BCUT2D eigenvalue weighted by Crippen LogP contribution is 2.35. The molecule has 10 nitrogen and oxygen atoms in total. The predicted octanol–water partition coefficient (Wildman–Crippen LogP) is 5.06. The van der Waals surface area contributed by atoms with Crippen LogP contribution in [0.2, 0.25) is 0 Å². The Morgan fingerprint density at radius 1 is 1.11 bits per heavy atom. The summed E-state index contributed by atoms with van der Waals surface area (Å²) in [5, 5.41) is 10.4. The summed E-state index contributed by atoms with van der Waals surface area (Å²) in [4.78, 5) is 25.5. The smallest absolute Gasteiger partial charge is 0.338 e. The van der Waals surface area contributed by atoms with Crippen molar-refractivity contribution < 1.29 is 32.9 Å². The van der Waals surface area contributed by atoms with Gasteiger partial charge in [0.05, 0.1) is 31.5 Å². The van der Waals surface area contributed by atoms with Crippen LogP contribution in [0.1, 0.15) is 36.6 Å². The van der Waals surface area contributed by atoms with E-state index in [0.29, 0.717) is 54.8 Å². The minimum atomic E-state index is -0.658. The number of ether oxygens (including phenoxy) is 4. The first-order valence-corrected chi connectivity index (χ1v) is 14.6. The number of allylic oxidation sites excluding steroid dienone is 1. The Morgan fingerprint density at radius 3 is 2.61 bits per heavy atom. The Labute approximate surface area is 267 Å². The Bertz CT molecular complexity index is 1620. The van der Waals surface area contributed by atoms with E-state index in [1.165, 1.54) is 19.4 Å². The van der Waals surface area contributed by atoms with Gasteiger partial charge in [0.2, 0.25) is 0 Å². The minimum Gasteiger partial charge on any atom is -0.493 e. The number of amides is 1. The first kappa shape index (κ1) is 32.4. The van der Waals surface area contributed by atoms with E-state index in [4.69, 9.17) is 31.2 Å². The van der Waals surface area contributed by atoms with Gasteiger partial charge in [-0.3, -0.25) is 4.79 Å². The van der Waals surface area contributed by atoms with Crippen LogP contribution < -0.4 is 30.3 Å². The van der Waals surface area contributed by atoms with Crippen LogP contribution in [0.3, 0.4) is 0 Å². The second-order valence-electron chi connectivity index (χ2n) is 9.32. The van der Waals surface area contributed by atoms with Crippen LogP contribution in [0.15, 0.2) is 81.5 Å². The molecule has 0 unspecified atom stereocenters. The third-order valence-corrected chi connectivity index (χ3v) is 7.02. The number of carbonyl (C=O) groups is 2. The van der Waals surface area contributed by atoms with Crippen LogP contribution >= 0.6 is 28.1 Å². The number of benzene rings is 3. The van der Waals surface area contributed by atoms with E-state index in [1.807, 2.05) is 0 Å². The van der Waals surface area contributed by atoms with Crippen molar-refractivity contribution in [3.8, 4) is 17.2 Å². The summed E-state index contributed by atoms with van der Waals surface area (Å²) in [6, 6.07) is 16.0. The average molecular weight is 686 g/mol. The first-order valence-electron chi connectivity index (χ1n) is 13.4. The summed E-state index contributed by atoms with van der Waals surface area (Å²) in [6.07, 6.45) is 1.38. The standard InChI is InChI=1S/C31H30BrFN4O6S/c1-4-41-30(39)27-18(2)35-31(44)36-28(27)22-10-6-8-12-24(22)42-17-26(38)37-34-15-20-13-21(32)14-25(40-3)29(20)43-16-19-9-5-7-11-23(19)33/h5-15,28H,4,16-17H2,1-3H3,(H,37,38)(H2,35,36,44)/t28-/m1/s1. The number of hydrogen-bond acceptors (Lipinski definition) is 8. The normalized spacial score (nSPS) is 14.5. The van der Waals surface area contributed by atoms with E-state index in [2.05, 4.69) is 37.1 Å². The lowest BCUT2D eigenvalue weighted by Gasteiger charge is -2.30. The topological polar surface area (TPSA) is 120 Å². The van der Waals surface area contributed by atoms with E-state index in [-0.39, 0.29) is 19.8 Å². The molecule has 0 radical (unpaired) electrons. The van der Waals surface area contributed by atoms with E-state index < -0.39 is 23.7 Å². The van der Waals surface area contributed by atoms with E-state index in [9.17, 15) is 14.0 Å². The largest absolute Gasteiger partial charge is 0.493 e. The van der Waals surface area contributed by atoms with Gasteiger partial charge in [0.25, 0.3) is 5.91 Å². The molecule has 1 aliphatic heterocycles. The van der Waals surface area contributed by atoms with E-state index in [1.54, 1.807) is 68.4 Å². The van der Waals surface area contributed by atoms with Crippen LogP contribution in [0.5, 0.6) is 17.2 Å². The molecule has 0 saturated carbocycles. The van der Waals surface area contributed by atoms with Gasteiger partial charge in [-0.1, -0.05) is 52.3 Å². The van der Waals surface area contributed by atoms with Gasteiger partial charge in [-0.15, -0.1) is 0 Å². The molecule has 0 aliphatic carbocycles. The molecule has 0 fully saturated rings. The fourth-order valence-corrected chi connectivity index (χ4v) is 5.09. The molecule has 4 rings (SSSR count). The summed E-state index contributed by atoms with van der Waals surface area (Å²) in [6.45, 7) is 3.24. The van der Waals surface area contributed by atoms with Gasteiger partial charge in [0.1, 0.15) is 18.2 Å². The van der Waals surface area contributed by atoms with Gasteiger partial charge in [-0.2, -0.15) is 5.10 Å². The number of thiocarbonyl (C=S) groups is 1. The average Bonchev–Trinajstić information content (AvgIpc) is 2.99. The van der Waals surface area contributed by atoms with Gasteiger partial charge in [0, 0.05) is 26.9 Å². The highest BCUT2D eigenvalue weighted by molar-refractivity contribution is 9.10. The van der Waals surface area contributed by atoms with Gasteiger partial charge in [0.15, 0.2) is 23.2 Å². The summed E-state index contributed by atoms with van der Waals surface area (Å²) in [5.74, 6) is -0.367. The molecule has 0 bridgehead atoms. The molecule has 44 heavy (non-hydrogen) atoms. The number of halogens is 2. The van der Waals surface area contributed by atoms with Crippen LogP contribution in [0, 0.1) is 5.82 Å². The van der Waals surface area contributed by atoms with Crippen LogP contribution in [-0.4, -0.2) is 43.5 Å². The van der Waals surface area contributed by atoms with E-state index >= 15 is 0 Å². The molecular formula is C31H30BrFN4O6S. The van der Waals surface area contributed by atoms with E-state index in [0.717, 1.165) is 0 Å². The van der Waals surface area contributed by atoms with Crippen molar-refractivity contribution in [3.05, 3.63) is 98.9 Å². The predicted molar refractivity (Wildman–Crippen MR) is 170 cm³/mol. The van der Waals surface area contributed by atoms with Crippen molar-refractivity contribution in [2.45, 2.75) is 26.5 Å². The maximum atomic E-state index is 14.1. The second-order valence-corrected chi connectivity index (χ2v) is 10.6. The van der Waals surface area contributed by atoms with Crippen molar-refractivity contribution in [1.29, 1.82) is 0 Å². The summed E-state index contributed by atoms with van der Waals surface area (Å²) in [5.41, 5.74) is 4.77. The Hall–Kier alpha value is -4.49. The molecule has 0 spiro atoms. The monoisotopic (exact) mass is 684 g/mol.